The molecule has 0 aromatic heterocycles. The number of hydrogen-bond donors (Lipinski definition) is 7. The molecule has 10 heteroatoms. The molecular formula is C21H24O10. The van der Waals surface area contributed by atoms with Gasteiger partial charge in [-0.1, -0.05) is 12.1 Å². The number of carbonyl (C=O) groups excluding carboxylic acids is 1. The van der Waals surface area contributed by atoms with E-state index in [9.17, 15) is 40.5 Å². The Morgan fingerprint density at radius 2 is 1.65 bits per heavy atom. The summed E-state index contributed by atoms with van der Waals surface area (Å²) in [6, 6.07) is 8.09. The lowest BCUT2D eigenvalue weighted by Gasteiger charge is -2.40. The second kappa shape index (κ2) is 9.50. The van der Waals surface area contributed by atoms with Crippen molar-refractivity contribution in [2.45, 2.75) is 43.0 Å². The summed E-state index contributed by atoms with van der Waals surface area (Å²) in [6.45, 7) is -0.662. The first-order chi connectivity index (χ1) is 14.8. The van der Waals surface area contributed by atoms with Gasteiger partial charge >= 0.3 is 0 Å². The molecule has 0 bridgehead atoms. The van der Waals surface area contributed by atoms with Gasteiger partial charge in [-0.25, -0.2) is 0 Å². The van der Waals surface area contributed by atoms with Crippen LogP contribution in [0.1, 0.15) is 23.5 Å². The quantitative estimate of drug-likeness (QED) is 0.285. The van der Waals surface area contributed by atoms with Crippen LogP contribution in [0.2, 0.25) is 0 Å². The molecule has 7 N–H and O–H groups in total. The fourth-order valence-corrected chi connectivity index (χ4v) is 3.56. The van der Waals surface area contributed by atoms with Crippen LogP contribution in [0.15, 0.2) is 36.4 Å². The molecule has 3 rings (SSSR count). The Kier molecular flexibility index (Phi) is 6.98. The van der Waals surface area contributed by atoms with Crippen LogP contribution < -0.4 is 4.74 Å². The SMILES string of the molecule is O=CCC(c1ccc(O)cc1)c1c(O)cc(O)cc1O[C@@H]1O[C@H](CO)[C@@H](O)[C@H](O)[C@H]1O. The fourth-order valence-electron chi connectivity index (χ4n) is 3.56. The van der Waals surface area contributed by atoms with Crippen LogP contribution in [-0.4, -0.2) is 79.3 Å². The van der Waals surface area contributed by atoms with Gasteiger partial charge in [-0.15, -0.1) is 0 Å². The van der Waals surface area contributed by atoms with Crippen molar-refractivity contribution >= 4 is 6.29 Å². The van der Waals surface area contributed by atoms with Gasteiger partial charge in [0, 0.05) is 30.0 Å². The third-order valence-corrected chi connectivity index (χ3v) is 5.17. The van der Waals surface area contributed by atoms with Crippen LogP contribution in [0, 0.1) is 0 Å². The third kappa shape index (κ3) is 4.73. The minimum atomic E-state index is -1.71. The Labute approximate surface area is 177 Å². The van der Waals surface area contributed by atoms with E-state index in [-0.39, 0.29) is 29.2 Å². The maximum Gasteiger partial charge on any atom is 0.229 e. The molecule has 168 valence electrons. The smallest absolute Gasteiger partial charge is 0.229 e. The molecule has 0 saturated carbocycles. The minimum Gasteiger partial charge on any atom is -0.508 e. The van der Waals surface area contributed by atoms with E-state index < -0.39 is 49.0 Å². The summed E-state index contributed by atoms with van der Waals surface area (Å²) in [5.74, 6) is -1.68. The van der Waals surface area contributed by atoms with Crippen molar-refractivity contribution in [3.63, 3.8) is 0 Å². The molecule has 1 aliphatic rings. The van der Waals surface area contributed by atoms with Gasteiger partial charge in [0.1, 0.15) is 53.7 Å². The summed E-state index contributed by atoms with van der Waals surface area (Å²) in [5, 5.41) is 69.5. The molecule has 1 saturated heterocycles. The van der Waals surface area contributed by atoms with Gasteiger partial charge in [0.15, 0.2) is 0 Å². The molecule has 1 heterocycles. The highest BCUT2D eigenvalue weighted by atomic mass is 16.7. The number of aromatic hydroxyl groups is 3. The van der Waals surface area contributed by atoms with E-state index in [4.69, 9.17) is 9.47 Å². The number of phenolic OH excluding ortho intramolecular Hbond substituents is 3. The maximum absolute atomic E-state index is 11.3. The van der Waals surface area contributed by atoms with Crippen molar-refractivity contribution in [3.05, 3.63) is 47.5 Å². The van der Waals surface area contributed by atoms with Gasteiger partial charge in [0.2, 0.25) is 6.29 Å². The number of rotatable bonds is 7. The first-order valence-electron chi connectivity index (χ1n) is 9.52. The van der Waals surface area contributed by atoms with E-state index >= 15 is 0 Å². The summed E-state index contributed by atoms with van der Waals surface area (Å²) in [6.07, 6.45) is -7.23. The fraction of sp³-hybridized carbons (Fsp3) is 0.381. The van der Waals surface area contributed by atoms with Crippen LogP contribution in [-0.2, 0) is 9.53 Å². The first kappa shape index (κ1) is 22.8. The molecule has 2 aromatic rings. The molecule has 0 amide bonds. The summed E-state index contributed by atoms with van der Waals surface area (Å²) in [7, 11) is 0. The van der Waals surface area contributed by atoms with Crippen molar-refractivity contribution in [1.82, 2.24) is 0 Å². The van der Waals surface area contributed by atoms with Crippen molar-refractivity contribution in [2.24, 2.45) is 0 Å². The highest BCUT2D eigenvalue weighted by molar-refractivity contribution is 5.60. The zero-order valence-corrected chi connectivity index (χ0v) is 16.3. The Morgan fingerprint density at radius 1 is 0.968 bits per heavy atom. The lowest BCUT2D eigenvalue weighted by molar-refractivity contribution is -0.277. The molecule has 1 aliphatic heterocycles. The van der Waals surface area contributed by atoms with E-state index in [1.807, 2.05) is 0 Å². The topological polar surface area (TPSA) is 177 Å². The molecule has 10 nitrogen and oxygen atoms in total. The standard InChI is InChI=1S/C21H24O10/c22-6-5-13(10-1-3-11(24)4-2-10)17-14(26)7-12(25)8-15(17)30-21-20(29)19(28)18(27)16(9-23)31-21/h1-4,6-8,13,16,18-21,23-29H,5,9H2/t13?,16-,18-,19+,20-,21-/m1/s1. The number of phenols is 3. The average molecular weight is 436 g/mol. The number of carbonyl (C=O) groups is 1. The summed E-state index contributed by atoms with van der Waals surface area (Å²) >= 11 is 0. The predicted molar refractivity (Wildman–Crippen MR) is 105 cm³/mol. The second-order valence-electron chi connectivity index (χ2n) is 7.24. The summed E-state index contributed by atoms with van der Waals surface area (Å²) < 4.78 is 11.0. The molecule has 2 aromatic carbocycles. The Hall–Kier alpha value is -2.89. The van der Waals surface area contributed by atoms with Gasteiger partial charge in [0.25, 0.3) is 0 Å². The molecular weight excluding hydrogens is 412 g/mol. The molecule has 1 fully saturated rings. The van der Waals surface area contributed by atoms with Crippen LogP contribution in [0.5, 0.6) is 23.0 Å². The van der Waals surface area contributed by atoms with Gasteiger partial charge in [0.05, 0.1) is 6.61 Å². The summed E-state index contributed by atoms with van der Waals surface area (Å²) in [5.41, 5.74) is 0.636. The normalized spacial score (nSPS) is 26.9. The Morgan fingerprint density at radius 3 is 2.26 bits per heavy atom. The number of ether oxygens (including phenoxy) is 2. The lowest BCUT2D eigenvalue weighted by Crippen LogP contribution is -2.60. The van der Waals surface area contributed by atoms with E-state index in [1.54, 1.807) is 12.1 Å². The number of aliphatic hydroxyl groups excluding tert-OH is 4. The predicted octanol–water partition coefficient (Wildman–Crippen LogP) is -0.297. The molecule has 0 aliphatic carbocycles. The molecule has 0 spiro atoms. The molecule has 6 atom stereocenters. The summed E-state index contributed by atoms with van der Waals surface area (Å²) in [4.78, 5) is 11.3. The van der Waals surface area contributed by atoms with Crippen LogP contribution in [0.4, 0.5) is 0 Å². The Bertz CT molecular complexity index is 898. The van der Waals surface area contributed by atoms with E-state index in [2.05, 4.69) is 0 Å². The lowest BCUT2D eigenvalue weighted by atomic mass is 9.87. The average Bonchev–Trinajstić information content (AvgIpc) is 2.73. The van der Waals surface area contributed by atoms with Crippen LogP contribution >= 0.6 is 0 Å². The van der Waals surface area contributed by atoms with Crippen molar-refractivity contribution in [1.29, 1.82) is 0 Å². The van der Waals surface area contributed by atoms with Gasteiger partial charge in [-0.05, 0) is 17.7 Å². The van der Waals surface area contributed by atoms with Crippen LogP contribution in [0.25, 0.3) is 0 Å². The number of benzene rings is 2. The Balaban J connectivity index is 2.02. The van der Waals surface area contributed by atoms with Crippen molar-refractivity contribution in [2.75, 3.05) is 6.61 Å². The van der Waals surface area contributed by atoms with E-state index in [1.165, 1.54) is 12.1 Å². The second-order valence-corrected chi connectivity index (χ2v) is 7.24. The highest BCUT2D eigenvalue weighted by Gasteiger charge is 2.45. The van der Waals surface area contributed by atoms with Gasteiger partial charge in [-0.3, -0.25) is 0 Å². The molecule has 1 unspecified atom stereocenters. The monoisotopic (exact) mass is 436 g/mol. The van der Waals surface area contributed by atoms with E-state index in [0.29, 0.717) is 11.8 Å². The number of aldehydes is 1. The van der Waals surface area contributed by atoms with E-state index in [0.717, 1.165) is 12.1 Å². The van der Waals surface area contributed by atoms with Crippen LogP contribution in [0.3, 0.4) is 0 Å². The van der Waals surface area contributed by atoms with Gasteiger partial charge in [-0.2, -0.15) is 0 Å². The minimum absolute atomic E-state index is 0.00123. The molecule has 31 heavy (non-hydrogen) atoms. The van der Waals surface area contributed by atoms with Crippen molar-refractivity contribution < 1.29 is 50.0 Å². The highest BCUT2D eigenvalue weighted by Crippen LogP contribution is 2.43. The largest absolute Gasteiger partial charge is 0.508 e. The third-order valence-electron chi connectivity index (χ3n) is 5.17. The van der Waals surface area contributed by atoms with Gasteiger partial charge < -0.3 is 50.0 Å². The number of aliphatic hydroxyl groups is 4. The maximum atomic E-state index is 11.3. The molecule has 0 radical (unpaired) electrons. The number of hydrogen-bond acceptors (Lipinski definition) is 10. The zero-order chi connectivity index (χ0) is 22.7. The first-order valence-corrected chi connectivity index (χ1v) is 9.52. The zero-order valence-electron chi connectivity index (χ0n) is 16.3. The van der Waals surface area contributed by atoms with Crippen molar-refractivity contribution in [3.8, 4) is 23.0 Å².